The lowest BCUT2D eigenvalue weighted by molar-refractivity contribution is 0.0697. The van der Waals surface area contributed by atoms with Crippen LogP contribution in [-0.4, -0.2) is 23.7 Å². The third kappa shape index (κ3) is 3.82. The van der Waals surface area contributed by atoms with Crippen LogP contribution in [0, 0.1) is 0 Å². The zero-order valence-electron chi connectivity index (χ0n) is 14.6. The maximum atomic E-state index is 11.1. The highest BCUT2D eigenvalue weighted by atomic mass is 16.4. The molecule has 0 saturated carbocycles. The Balaban J connectivity index is 0.000000349. The zero-order chi connectivity index (χ0) is 18.7. The standard InChI is InChI=1S/C19H12O2.C3H10N2/c20-19(21)15-6-5-14-9-17-7-12-3-1-2-4-13(12)8-18(17)11-16(14)10-15;1-3(5)2-4/h1-11H,(H,20,21);3H,2,4-5H2,1H3. The van der Waals surface area contributed by atoms with Crippen LogP contribution in [0.2, 0.25) is 0 Å². The zero-order valence-corrected chi connectivity index (χ0v) is 14.6. The molecule has 0 bridgehead atoms. The first kappa shape index (κ1) is 17.9. The summed E-state index contributed by atoms with van der Waals surface area (Å²) in [6.45, 7) is 2.46. The molecule has 4 aromatic rings. The molecule has 4 rings (SSSR count). The van der Waals surface area contributed by atoms with Crippen LogP contribution in [0.25, 0.3) is 32.3 Å². The summed E-state index contributed by atoms with van der Waals surface area (Å²) in [5.41, 5.74) is 10.5. The van der Waals surface area contributed by atoms with Gasteiger partial charge in [-0.1, -0.05) is 30.3 Å². The quantitative estimate of drug-likeness (QED) is 0.476. The van der Waals surface area contributed by atoms with Gasteiger partial charge in [-0.25, -0.2) is 4.79 Å². The molecule has 0 aliphatic carbocycles. The van der Waals surface area contributed by atoms with E-state index in [-0.39, 0.29) is 6.04 Å². The van der Waals surface area contributed by atoms with Crippen LogP contribution in [0.3, 0.4) is 0 Å². The number of hydrogen-bond donors (Lipinski definition) is 3. The Morgan fingerprint density at radius 1 is 0.846 bits per heavy atom. The summed E-state index contributed by atoms with van der Waals surface area (Å²) < 4.78 is 0. The molecular weight excluding hydrogens is 324 g/mol. The molecule has 4 heteroatoms. The predicted octanol–water partition coefficient (Wildman–Crippen LogP) is 4.14. The fraction of sp³-hybridized carbons (Fsp3) is 0.136. The number of aromatic carboxylic acids is 1. The lowest BCUT2D eigenvalue weighted by atomic mass is 9.99. The monoisotopic (exact) mass is 346 g/mol. The summed E-state index contributed by atoms with van der Waals surface area (Å²) >= 11 is 0. The number of rotatable bonds is 2. The van der Waals surface area contributed by atoms with Crippen molar-refractivity contribution in [2.24, 2.45) is 11.5 Å². The van der Waals surface area contributed by atoms with Crippen LogP contribution < -0.4 is 11.5 Å². The Morgan fingerprint density at radius 3 is 1.73 bits per heavy atom. The van der Waals surface area contributed by atoms with Crippen LogP contribution in [0.5, 0.6) is 0 Å². The van der Waals surface area contributed by atoms with E-state index in [0.29, 0.717) is 12.1 Å². The van der Waals surface area contributed by atoms with Gasteiger partial charge in [-0.2, -0.15) is 0 Å². The van der Waals surface area contributed by atoms with Gasteiger partial charge in [0.05, 0.1) is 5.56 Å². The van der Waals surface area contributed by atoms with Crippen molar-refractivity contribution < 1.29 is 9.90 Å². The smallest absolute Gasteiger partial charge is 0.335 e. The summed E-state index contributed by atoms with van der Waals surface area (Å²) in [7, 11) is 0. The van der Waals surface area contributed by atoms with Gasteiger partial charge in [0.2, 0.25) is 0 Å². The van der Waals surface area contributed by atoms with Gasteiger partial charge < -0.3 is 16.6 Å². The van der Waals surface area contributed by atoms with E-state index >= 15 is 0 Å². The second-order valence-corrected chi connectivity index (χ2v) is 6.48. The summed E-state index contributed by atoms with van der Waals surface area (Å²) in [6.07, 6.45) is 0. The van der Waals surface area contributed by atoms with E-state index in [0.717, 1.165) is 16.2 Å². The minimum absolute atomic E-state index is 0.162. The predicted molar refractivity (Wildman–Crippen MR) is 109 cm³/mol. The second kappa shape index (κ2) is 7.52. The highest BCUT2D eigenvalue weighted by Gasteiger charge is 2.05. The highest BCUT2D eigenvalue weighted by Crippen LogP contribution is 2.27. The summed E-state index contributed by atoms with van der Waals surface area (Å²) in [6, 6.07) is 22.2. The van der Waals surface area contributed by atoms with Gasteiger partial charge in [-0.3, -0.25) is 0 Å². The molecule has 132 valence electrons. The van der Waals surface area contributed by atoms with E-state index < -0.39 is 5.97 Å². The molecule has 0 aromatic heterocycles. The average molecular weight is 346 g/mol. The first-order chi connectivity index (χ1) is 12.5. The van der Waals surface area contributed by atoms with E-state index in [2.05, 4.69) is 36.4 Å². The normalized spacial score (nSPS) is 12.0. The van der Waals surface area contributed by atoms with Gasteiger partial charge >= 0.3 is 5.97 Å². The van der Waals surface area contributed by atoms with Gasteiger partial charge in [0.15, 0.2) is 0 Å². The van der Waals surface area contributed by atoms with Crippen molar-refractivity contribution >= 4 is 38.3 Å². The third-order valence-corrected chi connectivity index (χ3v) is 4.28. The maximum Gasteiger partial charge on any atom is 0.335 e. The molecule has 0 fully saturated rings. The van der Waals surface area contributed by atoms with Crippen LogP contribution in [0.1, 0.15) is 17.3 Å². The van der Waals surface area contributed by atoms with Crippen molar-refractivity contribution in [1.29, 1.82) is 0 Å². The molecular formula is C22H22N2O2. The van der Waals surface area contributed by atoms with Crippen molar-refractivity contribution in [3.63, 3.8) is 0 Å². The molecule has 0 amide bonds. The van der Waals surface area contributed by atoms with Gasteiger partial charge in [-0.15, -0.1) is 0 Å². The Morgan fingerprint density at radius 2 is 1.27 bits per heavy atom. The molecule has 0 heterocycles. The molecule has 26 heavy (non-hydrogen) atoms. The number of carbonyl (C=O) groups is 1. The number of fused-ring (bicyclic) bond motifs is 3. The molecule has 4 aromatic carbocycles. The largest absolute Gasteiger partial charge is 0.478 e. The first-order valence-electron chi connectivity index (χ1n) is 8.53. The number of carboxylic acids is 1. The average Bonchev–Trinajstić information content (AvgIpc) is 2.64. The number of hydrogen-bond acceptors (Lipinski definition) is 3. The van der Waals surface area contributed by atoms with E-state index in [1.165, 1.54) is 16.2 Å². The minimum atomic E-state index is -0.893. The number of benzene rings is 4. The summed E-state index contributed by atoms with van der Waals surface area (Å²) in [5.74, 6) is -0.893. The van der Waals surface area contributed by atoms with Crippen LogP contribution in [-0.2, 0) is 0 Å². The van der Waals surface area contributed by atoms with Crippen LogP contribution in [0.15, 0.2) is 66.7 Å². The molecule has 5 N–H and O–H groups in total. The van der Waals surface area contributed by atoms with Crippen LogP contribution >= 0.6 is 0 Å². The van der Waals surface area contributed by atoms with E-state index in [4.69, 9.17) is 16.6 Å². The molecule has 0 saturated heterocycles. The van der Waals surface area contributed by atoms with Crippen molar-refractivity contribution in [1.82, 2.24) is 0 Å². The molecule has 4 nitrogen and oxygen atoms in total. The lowest BCUT2D eigenvalue weighted by Crippen LogP contribution is -2.25. The highest BCUT2D eigenvalue weighted by molar-refractivity contribution is 6.05. The molecule has 1 unspecified atom stereocenters. The fourth-order valence-corrected chi connectivity index (χ4v) is 2.82. The number of carboxylic acid groups (broad SMARTS) is 1. The number of nitrogens with two attached hydrogens (primary N) is 2. The Kier molecular flexibility index (Phi) is 5.16. The van der Waals surface area contributed by atoms with Crippen molar-refractivity contribution in [3.8, 4) is 0 Å². The van der Waals surface area contributed by atoms with Crippen molar-refractivity contribution in [2.75, 3.05) is 6.54 Å². The van der Waals surface area contributed by atoms with E-state index in [1.807, 2.05) is 25.1 Å². The molecule has 1 atom stereocenters. The third-order valence-electron chi connectivity index (χ3n) is 4.28. The molecule has 0 spiro atoms. The second-order valence-electron chi connectivity index (χ2n) is 6.48. The molecule has 0 aliphatic rings. The Hall–Kier alpha value is -2.95. The van der Waals surface area contributed by atoms with Gasteiger partial charge in [0.1, 0.15) is 0 Å². The fourth-order valence-electron chi connectivity index (χ4n) is 2.82. The van der Waals surface area contributed by atoms with E-state index in [9.17, 15) is 4.79 Å². The Labute approximate surface area is 152 Å². The minimum Gasteiger partial charge on any atom is -0.478 e. The van der Waals surface area contributed by atoms with Gasteiger partial charge in [0.25, 0.3) is 0 Å². The molecule has 0 aliphatic heterocycles. The van der Waals surface area contributed by atoms with Crippen molar-refractivity contribution in [2.45, 2.75) is 13.0 Å². The summed E-state index contributed by atoms with van der Waals surface area (Å²) in [4.78, 5) is 11.1. The topological polar surface area (TPSA) is 89.3 Å². The van der Waals surface area contributed by atoms with Crippen molar-refractivity contribution in [3.05, 3.63) is 72.3 Å². The van der Waals surface area contributed by atoms with Crippen LogP contribution in [0.4, 0.5) is 0 Å². The SMILES string of the molecule is CC(N)CN.O=C(O)c1ccc2cc3cc4ccccc4cc3cc2c1. The molecule has 0 radical (unpaired) electrons. The van der Waals surface area contributed by atoms with E-state index in [1.54, 1.807) is 12.1 Å². The lowest BCUT2D eigenvalue weighted by Gasteiger charge is -2.06. The van der Waals surface area contributed by atoms with Gasteiger partial charge in [0, 0.05) is 12.6 Å². The maximum absolute atomic E-state index is 11.1. The van der Waals surface area contributed by atoms with Gasteiger partial charge in [-0.05, 0) is 75.6 Å². The summed E-state index contributed by atoms with van der Waals surface area (Å²) in [5, 5.41) is 15.8. The first-order valence-corrected chi connectivity index (χ1v) is 8.53. The Bertz CT molecular complexity index is 1090.